The third-order valence-electron chi connectivity index (χ3n) is 3.11. The van der Waals surface area contributed by atoms with Gasteiger partial charge < -0.3 is 14.4 Å². The molecule has 6 nitrogen and oxygen atoms in total. The van der Waals surface area contributed by atoms with Crippen LogP contribution in [0, 0.1) is 0 Å². The highest BCUT2D eigenvalue weighted by atomic mass is 16.7. The topological polar surface area (TPSA) is 80.2 Å². The SMILES string of the molecule is C=C(/C=N\NCC(=O)O)B1OC(C)(C)C(C)(C)O1. The summed E-state index contributed by atoms with van der Waals surface area (Å²) < 4.78 is 11.5. The Bertz CT molecular complexity index is 363. The molecule has 0 spiro atoms. The van der Waals surface area contributed by atoms with Crippen molar-refractivity contribution in [2.45, 2.75) is 38.9 Å². The van der Waals surface area contributed by atoms with Gasteiger partial charge in [-0.25, -0.2) is 0 Å². The highest BCUT2D eigenvalue weighted by molar-refractivity contribution is 6.60. The first-order valence-electron chi connectivity index (χ1n) is 5.68. The molecular formula is C11H19BN2O4. The second-order valence-corrected chi connectivity index (χ2v) is 5.15. The molecule has 0 aromatic carbocycles. The van der Waals surface area contributed by atoms with E-state index in [1.165, 1.54) is 6.21 Å². The van der Waals surface area contributed by atoms with Gasteiger partial charge >= 0.3 is 13.1 Å². The summed E-state index contributed by atoms with van der Waals surface area (Å²) in [6.45, 7) is 11.3. The van der Waals surface area contributed by atoms with Crippen molar-refractivity contribution in [2.24, 2.45) is 5.10 Å². The van der Waals surface area contributed by atoms with Crippen LogP contribution < -0.4 is 5.43 Å². The standard InChI is InChI=1S/C11H19BN2O4/c1-8(6-13-14-7-9(15)16)12-17-10(2,3)11(4,5)18-12/h6,14H,1,7H2,2-5H3,(H,15,16)/b13-6-. The Hall–Kier alpha value is -1.34. The summed E-state index contributed by atoms with van der Waals surface area (Å²) in [7, 11) is -0.564. The zero-order chi connectivity index (χ0) is 14.0. The number of carbonyl (C=O) groups is 1. The predicted molar refractivity (Wildman–Crippen MR) is 69.4 cm³/mol. The van der Waals surface area contributed by atoms with Crippen LogP contribution in [-0.2, 0) is 14.1 Å². The van der Waals surface area contributed by atoms with E-state index in [9.17, 15) is 4.79 Å². The monoisotopic (exact) mass is 254 g/mol. The molecule has 1 saturated heterocycles. The van der Waals surface area contributed by atoms with E-state index in [1.54, 1.807) is 0 Å². The first-order valence-corrected chi connectivity index (χ1v) is 5.68. The summed E-state index contributed by atoms with van der Waals surface area (Å²) in [5.74, 6) is -0.978. The Morgan fingerprint density at radius 3 is 2.33 bits per heavy atom. The first-order chi connectivity index (χ1) is 8.16. The number of hydrogen-bond donors (Lipinski definition) is 2. The van der Waals surface area contributed by atoms with E-state index in [-0.39, 0.29) is 6.54 Å². The molecule has 1 rings (SSSR count). The van der Waals surface area contributed by atoms with E-state index in [0.717, 1.165) is 0 Å². The minimum Gasteiger partial charge on any atom is -0.480 e. The molecule has 0 aromatic heterocycles. The maximum absolute atomic E-state index is 10.3. The molecule has 0 unspecified atom stereocenters. The summed E-state index contributed by atoms with van der Waals surface area (Å²) in [6, 6.07) is 0. The molecule has 1 heterocycles. The zero-order valence-electron chi connectivity index (χ0n) is 11.2. The van der Waals surface area contributed by atoms with Crippen molar-refractivity contribution in [3.05, 3.63) is 12.1 Å². The Kier molecular flexibility index (Phi) is 4.18. The van der Waals surface area contributed by atoms with Crippen molar-refractivity contribution in [3.63, 3.8) is 0 Å². The van der Waals surface area contributed by atoms with Gasteiger partial charge in [0.1, 0.15) is 6.54 Å². The van der Waals surface area contributed by atoms with Crippen molar-refractivity contribution in [1.29, 1.82) is 0 Å². The highest BCUT2D eigenvalue weighted by Gasteiger charge is 2.51. The Morgan fingerprint density at radius 1 is 1.39 bits per heavy atom. The van der Waals surface area contributed by atoms with Crippen LogP contribution in [0.25, 0.3) is 0 Å². The van der Waals surface area contributed by atoms with Crippen molar-refractivity contribution in [3.8, 4) is 0 Å². The van der Waals surface area contributed by atoms with Crippen molar-refractivity contribution < 1.29 is 19.2 Å². The number of allylic oxidation sites excluding steroid dienone is 1. The summed E-state index contributed by atoms with van der Waals surface area (Å²) in [5.41, 5.74) is 2.06. The normalized spacial score (nSPS) is 21.2. The number of aliphatic carboxylic acids is 1. The minimum absolute atomic E-state index is 0.243. The summed E-state index contributed by atoms with van der Waals surface area (Å²) >= 11 is 0. The maximum Gasteiger partial charge on any atom is 0.495 e. The van der Waals surface area contributed by atoms with Gasteiger partial charge in [-0.2, -0.15) is 5.10 Å². The highest BCUT2D eigenvalue weighted by Crippen LogP contribution is 2.37. The molecule has 0 aliphatic carbocycles. The lowest BCUT2D eigenvalue weighted by atomic mass is 9.80. The van der Waals surface area contributed by atoms with Crippen LogP contribution in [0.15, 0.2) is 17.2 Å². The van der Waals surface area contributed by atoms with E-state index in [4.69, 9.17) is 14.4 Å². The van der Waals surface area contributed by atoms with Crippen LogP contribution in [0.2, 0.25) is 0 Å². The molecule has 0 atom stereocenters. The average Bonchev–Trinajstić information content (AvgIpc) is 2.42. The van der Waals surface area contributed by atoms with E-state index < -0.39 is 24.3 Å². The number of carboxylic acid groups (broad SMARTS) is 1. The lowest BCUT2D eigenvalue weighted by Crippen LogP contribution is -2.41. The molecule has 7 heteroatoms. The van der Waals surface area contributed by atoms with Crippen molar-refractivity contribution in [2.75, 3.05) is 6.54 Å². The smallest absolute Gasteiger partial charge is 0.480 e. The first kappa shape index (κ1) is 14.7. The van der Waals surface area contributed by atoms with Crippen LogP contribution in [-0.4, -0.2) is 42.2 Å². The van der Waals surface area contributed by atoms with Gasteiger partial charge in [0, 0.05) is 6.21 Å². The maximum atomic E-state index is 10.3. The van der Waals surface area contributed by atoms with Gasteiger partial charge in [0.25, 0.3) is 0 Å². The molecule has 0 aromatic rings. The second kappa shape index (κ2) is 5.11. The molecule has 18 heavy (non-hydrogen) atoms. The number of nitrogens with zero attached hydrogens (tertiary/aromatic N) is 1. The van der Waals surface area contributed by atoms with Gasteiger partial charge in [-0.15, -0.1) is 0 Å². The van der Waals surface area contributed by atoms with Crippen LogP contribution in [0.4, 0.5) is 0 Å². The Morgan fingerprint density at radius 2 is 1.89 bits per heavy atom. The van der Waals surface area contributed by atoms with Gasteiger partial charge in [0.2, 0.25) is 0 Å². The number of hydrogen-bond acceptors (Lipinski definition) is 5. The molecule has 1 aliphatic heterocycles. The van der Waals surface area contributed by atoms with Crippen LogP contribution in [0.3, 0.4) is 0 Å². The lowest BCUT2D eigenvalue weighted by Gasteiger charge is -2.32. The number of nitrogens with one attached hydrogen (secondary N) is 1. The Balaban J connectivity index is 2.53. The van der Waals surface area contributed by atoms with E-state index in [1.807, 2.05) is 27.7 Å². The van der Waals surface area contributed by atoms with Gasteiger partial charge in [0.05, 0.1) is 11.2 Å². The van der Waals surface area contributed by atoms with Gasteiger partial charge in [-0.3, -0.25) is 10.2 Å². The van der Waals surface area contributed by atoms with Gasteiger partial charge in [-0.1, -0.05) is 6.58 Å². The summed E-state index contributed by atoms with van der Waals surface area (Å²) in [6.07, 6.45) is 1.41. The molecule has 0 bridgehead atoms. The van der Waals surface area contributed by atoms with Gasteiger partial charge in [0.15, 0.2) is 0 Å². The molecular weight excluding hydrogens is 235 g/mol. The predicted octanol–water partition coefficient (Wildman–Crippen LogP) is 0.834. The molecule has 2 N–H and O–H groups in total. The third kappa shape index (κ3) is 3.33. The van der Waals surface area contributed by atoms with E-state index in [2.05, 4.69) is 17.1 Å². The minimum atomic E-state index is -0.978. The third-order valence-corrected chi connectivity index (χ3v) is 3.11. The summed E-state index contributed by atoms with van der Waals surface area (Å²) in [4.78, 5) is 10.3. The Labute approximate surface area is 107 Å². The molecule has 0 amide bonds. The van der Waals surface area contributed by atoms with E-state index >= 15 is 0 Å². The largest absolute Gasteiger partial charge is 0.495 e. The number of carboxylic acids is 1. The second-order valence-electron chi connectivity index (χ2n) is 5.15. The molecule has 1 aliphatic rings. The quantitative estimate of drug-likeness (QED) is 0.431. The molecule has 0 saturated carbocycles. The zero-order valence-corrected chi connectivity index (χ0v) is 11.2. The fourth-order valence-corrected chi connectivity index (χ4v) is 1.30. The van der Waals surface area contributed by atoms with Crippen molar-refractivity contribution >= 4 is 19.3 Å². The van der Waals surface area contributed by atoms with E-state index in [0.29, 0.717) is 5.47 Å². The van der Waals surface area contributed by atoms with Crippen LogP contribution >= 0.6 is 0 Å². The molecule has 1 fully saturated rings. The summed E-state index contributed by atoms with van der Waals surface area (Å²) in [5, 5.41) is 12.2. The number of hydrazone groups is 1. The average molecular weight is 254 g/mol. The van der Waals surface area contributed by atoms with Crippen LogP contribution in [0.1, 0.15) is 27.7 Å². The number of rotatable bonds is 5. The molecule has 100 valence electrons. The van der Waals surface area contributed by atoms with Crippen LogP contribution in [0.5, 0.6) is 0 Å². The molecule has 0 radical (unpaired) electrons. The fourth-order valence-electron chi connectivity index (χ4n) is 1.30. The fraction of sp³-hybridized carbons (Fsp3) is 0.636. The van der Waals surface area contributed by atoms with Gasteiger partial charge in [-0.05, 0) is 33.2 Å². The lowest BCUT2D eigenvalue weighted by molar-refractivity contribution is -0.135. The van der Waals surface area contributed by atoms with Crippen molar-refractivity contribution in [1.82, 2.24) is 5.43 Å².